The molecule has 1 N–H and O–H groups in total. The van der Waals surface area contributed by atoms with Crippen molar-refractivity contribution in [1.29, 1.82) is 0 Å². The minimum Gasteiger partial charge on any atom is -0.377 e. The van der Waals surface area contributed by atoms with E-state index in [0.717, 1.165) is 19.6 Å². The van der Waals surface area contributed by atoms with Crippen LogP contribution < -0.4 is 5.32 Å². The Morgan fingerprint density at radius 2 is 2.05 bits per heavy atom. The van der Waals surface area contributed by atoms with Gasteiger partial charge in [-0.25, -0.2) is 4.98 Å². The van der Waals surface area contributed by atoms with Gasteiger partial charge in [0.05, 0.1) is 16.8 Å². The van der Waals surface area contributed by atoms with Crippen molar-refractivity contribution in [2.24, 2.45) is 0 Å². The number of rotatable bonds is 7. The molecule has 19 heavy (non-hydrogen) atoms. The van der Waals surface area contributed by atoms with Gasteiger partial charge in [-0.15, -0.1) is 11.3 Å². The number of hydrogen-bond donors (Lipinski definition) is 1. The first-order valence-corrected chi connectivity index (χ1v) is 8.06. The molecule has 4 heteroatoms. The second kappa shape index (κ2) is 7.36. The molecule has 3 nitrogen and oxygen atoms in total. The van der Waals surface area contributed by atoms with Crippen LogP contribution >= 0.6 is 11.3 Å². The second-order valence-corrected chi connectivity index (χ2v) is 6.85. The van der Waals surface area contributed by atoms with E-state index in [9.17, 15) is 0 Å². The Bertz CT molecular complexity index is 370. The fourth-order valence-corrected chi connectivity index (χ4v) is 3.06. The van der Waals surface area contributed by atoms with Crippen LogP contribution in [0.5, 0.6) is 0 Å². The van der Waals surface area contributed by atoms with Crippen molar-refractivity contribution in [2.75, 3.05) is 13.2 Å². The molecule has 0 bridgehead atoms. The summed E-state index contributed by atoms with van der Waals surface area (Å²) in [5.41, 5.74) is 1.32. The van der Waals surface area contributed by atoms with E-state index >= 15 is 0 Å². The van der Waals surface area contributed by atoms with Crippen molar-refractivity contribution < 1.29 is 4.74 Å². The summed E-state index contributed by atoms with van der Waals surface area (Å²) >= 11 is 1.76. The maximum absolute atomic E-state index is 5.72. The monoisotopic (exact) mass is 284 g/mol. The topological polar surface area (TPSA) is 34.2 Å². The largest absolute Gasteiger partial charge is 0.377 e. The van der Waals surface area contributed by atoms with E-state index in [1.54, 1.807) is 11.3 Å². The molecule has 1 aromatic rings. The van der Waals surface area contributed by atoms with E-state index in [2.05, 4.69) is 45.3 Å². The summed E-state index contributed by atoms with van der Waals surface area (Å²) in [5, 5.41) is 6.89. The molecule has 0 saturated heterocycles. The molecule has 1 heterocycles. The SMILES string of the molecule is CCNC(Cc1nc(C(C)(C)C)cs1)C(C)OCC. The Morgan fingerprint density at radius 1 is 1.37 bits per heavy atom. The number of aromatic nitrogens is 1. The lowest BCUT2D eigenvalue weighted by Crippen LogP contribution is -2.41. The summed E-state index contributed by atoms with van der Waals surface area (Å²) in [4.78, 5) is 4.77. The van der Waals surface area contributed by atoms with Crippen LogP contribution in [-0.4, -0.2) is 30.3 Å². The molecule has 0 fully saturated rings. The lowest BCUT2D eigenvalue weighted by atomic mass is 9.93. The van der Waals surface area contributed by atoms with E-state index in [4.69, 9.17) is 9.72 Å². The Kier molecular flexibility index (Phi) is 6.43. The minimum absolute atomic E-state index is 0.133. The third-order valence-corrected chi connectivity index (χ3v) is 4.05. The minimum atomic E-state index is 0.133. The molecular weight excluding hydrogens is 256 g/mol. The van der Waals surface area contributed by atoms with Gasteiger partial charge in [-0.2, -0.15) is 0 Å². The van der Waals surface area contributed by atoms with E-state index in [0.29, 0.717) is 6.04 Å². The predicted octanol–water partition coefficient (Wildman–Crippen LogP) is 3.39. The van der Waals surface area contributed by atoms with Gasteiger partial charge in [0.2, 0.25) is 0 Å². The van der Waals surface area contributed by atoms with Gasteiger partial charge in [-0.3, -0.25) is 0 Å². The Hall–Kier alpha value is -0.450. The summed E-state index contributed by atoms with van der Waals surface area (Å²) < 4.78 is 5.72. The Morgan fingerprint density at radius 3 is 2.53 bits per heavy atom. The molecule has 0 amide bonds. The van der Waals surface area contributed by atoms with Crippen molar-refractivity contribution in [3.05, 3.63) is 16.1 Å². The lowest BCUT2D eigenvalue weighted by molar-refractivity contribution is 0.0480. The van der Waals surface area contributed by atoms with Gasteiger partial charge in [-0.05, 0) is 20.4 Å². The van der Waals surface area contributed by atoms with Crippen LogP contribution in [0.15, 0.2) is 5.38 Å². The molecule has 1 rings (SSSR count). The van der Waals surface area contributed by atoms with Crippen LogP contribution in [0.2, 0.25) is 0 Å². The highest BCUT2D eigenvalue weighted by Crippen LogP contribution is 2.24. The number of likely N-dealkylation sites (N-methyl/N-ethyl adjacent to an activating group) is 1. The van der Waals surface area contributed by atoms with E-state index < -0.39 is 0 Å². The van der Waals surface area contributed by atoms with E-state index in [1.165, 1.54) is 10.7 Å². The van der Waals surface area contributed by atoms with Crippen LogP contribution in [0.1, 0.15) is 52.2 Å². The third-order valence-electron chi connectivity index (χ3n) is 3.18. The Labute approximate surface area is 121 Å². The molecule has 0 saturated carbocycles. The van der Waals surface area contributed by atoms with Crippen molar-refractivity contribution in [3.8, 4) is 0 Å². The number of ether oxygens (including phenoxy) is 1. The summed E-state index contributed by atoms with van der Waals surface area (Å²) in [7, 11) is 0. The van der Waals surface area contributed by atoms with Gasteiger partial charge >= 0.3 is 0 Å². The fourth-order valence-electron chi connectivity index (χ4n) is 1.98. The first kappa shape index (κ1) is 16.6. The molecule has 2 unspecified atom stereocenters. The molecule has 2 atom stereocenters. The number of thiazole rings is 1. The number of nitrogens with one attached hydrogen (secondary N) is 1. The first-order chi connectivity index (χ1) is 8.88. The highest BCUT2D eigenvalue weighted by molar-refractivity contribution is 7.09. The van der Waals surface area contributed by atoms with E-state index in [-0.39, 0.29) is 11.5 Å². The van der Waals surface area contributed by atoms with Gasteiger partial charge < -0.3 is 10.1 Å². The standard InChI is InChI=1S/C15H28N2OS/c1-7-16-12(11(3)18-8-2)9-14-17-13(10-19-14)15(4,5)6/h10-12,16H,7-9H2,1-6H3. The van der Waals surface area contributed by atoms with Gasteiger partial charge in [0.1, 0.15) is 0 Å². The lowest BCUT2D eigenvalue weighted by Gasteiger charge is -2.24. The number of hydrogen-bond acceptors (Lipinski definition) is 4. The molecular formula is C15H28N2OS. The van der Waals surface area contributed by atoms with Crippen molar-refractivity contribution in [3.63, 3.8) is 0 Å². The number of nitrogens with zero attached hydrogens (tertiary/aromatic N) is 1. The molecule has 0 aliphatic rings. The maximum Gasteiger partial charge on any atom is 0.0945 e. The summed E-state index contributed by atoms with van der Waals surface area (Å²) in [5.74, 6) is 0. The van der Waals surface area contributed by atoms with Gasteiger partial charge in [0.25, 0.3) is 0 Å². The summed E-state index contributed by atoms with van der Waals surface area (Å²) in [6.45, 7) is 14.6. The first-order valence-electron chi connectivity index (χ1n) is 7.18. The molecule has 0 aliphatic carbocycles. The van der Waals surface area contributed by atoms with Crippen LogP contribution in [0.25, 0.3) is 0 Å². The van der Waals surface area contributed by atoms with Gasteiger partial charge in [-0.1, -0.05) is 27.7 Å². The molecule has 0 aromatic carbocycles. The van der Waals surface area contributed by atoms with E-state index in [1.807, 2.05) is 6.92 Å². The van der Waals surface area contributed by atoms with Gasteiger partial charge in [0, 0.05) is 29.9 Å². The van der Waals surface area contributed by atoms with Crippen molar-refractivity contribution in [2.45, 2.75) is 65.5 Å². The normalized spacial score (nSPS) is 15.5. The van der Waals surface area contributed by atoms with Crippen LogP contribution in [0, 0.1) is 0 Å². The summed E-state index contributed by atoms with van der Waals surface area (Å²) in [6, 6.07) is 0.337. The summed E-state index contributed by atoms with van der Waals surface area (Å²) in [6.07, 6.45) is 1.15. The predicted molar refractivity (Wildman–Crippen MR) is 83.1 cm³/mol. The average molecular weight is 284 g/mol. The molecule has 110 valence electrons. The quantitative estimate of drug-likeness (QED) is 0.833. The zero-order valence-corrected chi connectivity index (χ0v) is 13.9. The third kappa shape index (κ3) is 5.21. The Balaban J connectivity index is 2.71. The zero-order valence-electron chi connectivity index (χ0n) is 13.1. The second-order valence-electron chi connectivity index (χ2n) is 5.91. The maximum atomic E-state index is 5.72. The molecule has 0 radical (unpaired) electrons. The van der Waals surface area contributed by atoms with Crippen LogP contribution in [-0.2, 0) is 16.6 Å². The smallest absolute Gasteiger partial charge is 0.0945 e. The molecule has 0 spiro atoms. The highest BCUT2D eigenvalue weighted by Gasteiger charge is 2.21. The van der Waals surface area contributed by atoms with Crippen molar-refractivity contribution >= 4 is 11.3 Å². The zero-order chi connectivity index (χ0) is 14.5. The highest BCUT2D eigenvalue weighted by atomic mass is 32.1. The van der Waals surface area contributed by atoms with Gasteiger partial charge in [0.15, 0.2) is 0 Å². The van der Waals surface area contributed by atoms with Crippen LogP contribution in [0.4, 0.5) is 0 Å². The van der Waals surface area contributed by atoms with Crippen LogP contribution in [0.3, 0.4) is 0 Å². The average Bonchev–Trinajstić information content (AvgIpc) is 2.77. The molecule has 1 aromatic heterocycles. The fraction of sp³-hybridized carbons (Fsp3) is 0.800. The molecule has 0 aliphatic heterocycles. The van der Waals surface area contributed by atoms with Crippen molar-refractivity contribution in [1.82, 2.24) is 10.3 Å².